The summed E-state index contributed by atoms with van der Waals surface area (Å²) in [7, 11) is -2.73. The van der Waals surface area contributed by atoms with Crippen LogP contribution in [0, 0.1) is 0 Å². The second-order valence-corrected chi connectivity index (χ2v) is 15.4. The van der Waals surface area contributed by atoms with E-state index >= 15 is 0 Å². The first kappa shape index (κ1) is 27.2. The maximum absolute atomic E-state index is 6.49. The molecule has 1 heterocycles. The number of rotatable bonds is 6. The quantitative estimate of drug-likeness (QED) is 0.187. The summed E-state index contributed by atoms with van der Waals surface area (Å²) < 4.78 is 6.49. The minimum absolute atomic E-state index is 0.00956. The summed E-state index contributed by atoms with van der Waals surface area (Å²) in [6.07, 6.45) is 0. The Bertz CT molecular complexity index is 1940. The van der Waals surface area contributed by atoms with Gasteiger partial charge in [0.25, 0.3) is 6.71 Å². The second-order valence-electron chi connectivity index (χ2n) is 11.6. The van der Waals surface area contributed by atoms with Crippen molar-refractivity contribution in [2.24, 2.45) is 0 Å². The molecule has 0 radical (unpaired) electrons. The normalized spacial score (nSPS) is 12.1. The number of benzene rings is 7. The van der Waals surface area contributed by atoms with Crippen LogP contribution in [0.5, 0.6) is 11.5 Å². The number of hydrogen-bond acceptors (Lipinski definition) is 1. The smallest absolute Gasteiger partial charge is 0.251 e. The van der Waals surface area contributed by atoms with Crippen LogP contribution < -0.4 is 41.9 Å². The van der Waals surface area contributed by atoms with Gasteiger partial charge in [-0.25, -0.2) is 0 Å². The Morgan fingerprint density at radius 3 is 1.27 bits per heavy atom. The summed E-state index contributed by atoms with van der Waals surface area (Å²) in [6.45, 7) is 0.00956. The molecule has 0 spiro atoms. The molecule has 1 nitrogen and oxygen atoms in total. The lowest BCUT2D eigenvalue weighted by atomic mass is 9.35. The zero-order valence-electron chi connectivity index (χ0n) is 24.9. The van der Waals surface area contributed by atoms with Crippen LogP contribution in [0.2, 0.25) is 0 Å². The van der Waals surface area contributed by atoms with Gasteiger partial charge in [0, 0.05) is 0 Å². The minimum Gasteiger partial charge on any atom is -0.458 e. The molecule has 0 N–H and O–H groups in total. The molecule has 1 aliphatic rings. The van der Waals surface area contributed by atoms with Gasteiger partial charge in [-0.1, -0.05) is 181 Å². The topological polar surface area (TPSA) is 9.23 Å². The van der Waals surface area contributed by atoms with Gasteiger partial charge in [0.2, 0.25) is 0 Å². The third kappa shape index (κ3) is 4.64. The maximum atomic E-state index is 6.49. The van der Waals surface area contributed by atoms with E-state index in [0.29, 0.717) is 0 Å². The molecular formula is C42H31BOSi. The molecule has 0 amide bonds. The fourth-order valence-corrected chi connectivity index (χ4v) is 12.0. The first-order valence-electron chi connectivity index (χ1n) is 15.6. The van der Waals surface area contributed by atoms with E-state index in [1.807, 2.05) is 0 Å². The lowest BCUT2D eigenvalue weighted by molar-refractivity contribution is 0.487. The highest BCUT2D eigenvalue weighted by Crippen LogP contribution is 2.26. The molecule has 3 heteroatoms. The summed E-state index contributed by atoms with van der Waals surface area (Å²) in [5.41, 5.74) is 6.13. The van der Waals surface area contributed by atoms with E-state index in [1.54, 1.807) is 0 Å². The summed E-state index contributed by atoms with van der Waals surface area (Å²) in [5, 5.41) is 5.47. The van der Waals surface area contributed by atoms with Gasteiger partial charge in [0.1, 0.15) is 11.5 Å². The molecule has 0 unspecified atom stereocenters. The van der Waals surface area contributed by atoms with Crippen LogP contribution >= 0.6 is 0 Å². The van der Waals surface area contributed by atoms with Gasteiger partial charge >= 0.3 is 0 Å². The fourth-order valence-electron chi connectivity index (χ4n) is 7.22. The lowest BCUT2D eigenvalue weighted by Crippen LogP contribution is -2.75. The van der Waals surface area contributed by atoms with Crippen molar-refractivity contribution in [1.82, 2.24) is 0 Å². The van der Waals surface area contributed by atoms with Crippen LogP contribution in [0.25, 0.3) is 11.1 Å². The maximum Gasteiger partial charge on any atom is 0.251 e. The zero-order chi connectivity index (χ0) is 30.1. The van der Waals surface area contributed by atoms with Crippen molar-refractivity contribution in [3.63, 3.8) is 0 Å². The molecule has 7 aromatic carbocycles. The Balaban J connectivity index is 1.49. The zero-order valence-corrected chi connectivity index (χ0v) is 25.9. The van der Waals surface area contributed by atoms with Crippen LogP contribution in [0.3, 0.4) is 0 Å². The van der Waals surface area contributed by atoms with E-state index < -0.39 is 8.07 Å². The van der Waals surface area contributed by atoms with Crippen molar-refractivity contribution in [2.45, 2.75) is 0 Å². The molecule has 0 aromatic heterocycles. The number of hydrogen-bond donors (Lipinski definition) is 0. The van der Waals surface area contributed by atoms with Crippen LogP contribution in [0.15, 0.2) is 188 Å². The molecule has 8 rings (SSSR count). The highest BCUT2D eigenvalue weighted by Gasteiger charge is 2.43. The standard InChI is InChI=1S/C42H31BOSi/c1-5-17-32(18-6-1)37-30-29-36(31-40(37)43-38-25-13-15-27-41(38)44-42-28-16-14-26-39(42)43)45(33-19-7-2-8-20-33,34-21-9-3-10-22-34)35-23-11-4-12-24-35/h1-31H. The molecule has 0 saturated carbocycles. The van der Waals surface area contributed by atoms with Gasteiger partial charge in [-0.3, -0.25) is 0 Å². The van der Waals surface area contributed by atoms with Crippen LogP contribution in [-0.2, 0) is 0 Å². The van der Waals surface area contributed by atoms with E-state index in [4.69, 9.17) is 4.74 Å². The van der Waals surface area contributed by atoms with E-state index in [-0.39, 0.29) is 6.71 Å². The third-order valence-electron chi connectivity index (χ3n) is 9.18. The summed E-state index contributed by atoms with van der Waals surface area (Å²) in [5.74, 6) is 1.84. The Hall–Kier alpha value is -5.38. The lowest BCUT2D eigenvalue weighted by Gasteiger charge is -2.36. The molecule has 0 aliphatic carbocycles. The predicted molar refractivity (Wildman–Crippen MR) is 193 cm³/mol. The minimum atomic E-state index is -2.73. The van der Waals surface area contributed by atoms with Crippen molar-refractivity contribution >= 4 is 51.9 Å². The third-order valence-corrected chi connectivity index (χ3v) is 14.0. The predicted octanol–water partition coefficient (Wildman–Crippen LogP) is 5.35. The Labute approximate surface area is 266 Å². The molecule has 0 atom stereocenters. The molecule has 1 aliphatic heterocycles. The molecule has 212 valence electrons. The number of ether oxygens (including phenoxy) is 1. The van der Waals surface area contributed by atoms with Crippen molar-refractivity contribution in [1.29, 1.82) is 0 Å². The van der Waals surface area contributed by atoms with Gasteiger partial charge in [-0.15, -0.1) is 0 Å². The molecule has 0 saturated heterocycles. The van der Waals surface area contributed by atoms with Gasteiger partial charge in [-0.05, 0) is 54.9 Å². The molecule has 0 fully saturated rings. The first-order chi connectivity index (χ1) is 22.3. The van der Waals surface area contributed by atoms with Gasteiger partial charge in [0.15, 0.2) is 8.07 Å². The monoisotopic (exact) mass is 590 g/mol. The summed E-state index contributed by atoms with van der Waals surface area (Å²) >= 11 is 0. The van der Waals surface area contributed by atoms with Gasteiger partial charge in [-0.2, -0.15) is 0 Å². The molecule has 45 heavy (non-hydrogen) atoms. The Morgan fingerprint density at radius 2 is 0.778 bits per heavy atom. The SMILES string of the molecule is c1ccc(-c2ccc([Si](c3ccccc3)(c3ccccc3)c3ccccc3)cc2B2c3ccccc3Oc3ccccc32)cc1. The van der Waals surface area contributed by atoms with Crippen LogP contribution in [0.1, 0.15) is 0 Å². The highest BCUT2D eigenvalue weighted by atomic mass is 28.3. The molecule has 7 aromatic rings. The highest BCUT2D eigenvalue weighted by molar-refractivity contribution is 7.20. The van der Waals surface area contributed by atoms with Crippen molar-refractivity contribution in [3.8, 4) is 22.6 Å². The Morgan fingerprint density at radius 1 is 0.356 bits per heavy atom. The van der Waals surface area contributed by atoms with Crippen molar-refractivity contribution in [3.05, 3.63) is 188 Å². The average molecular weight is 591 g/mol. The average Bonchev–Trinajstić information content (AvgIpc) is 3.13. The summed E-state index contributed by atoms with van der Waals surface area (Å²) in [4.78, 5) is 0. The van der Waals surface area contributed by atoms with E-state index in [9.17, 15) is 0 Å². The van der Waals surface area contributed by atoms with E-state index in [2.05, 4.69) is 188 Å². The van der Waals surface area contributed by atoms with Crippen LogP contribution in [0.4, 0.5) is 0 Å². The number of fused-ring (bicyclic) bond motifs is 2. The largest absolute Gasteiger partial charge is 0.458 e. The fraction of sp³-hybridized carbons (Fsp3) is 0. The number of para-hydroxylation sites is 2. The van der Waals surface area contributed by atoms with Crippen molar-refractivity contribution in [2.75, 3.05) is 0 Å². The second kappa shape index (κ2) is 11.6. The van der Waals surface area contributed by atoms with E-state index in [0.717, 1.165) is 11.5 Å². The van der Waals surface area contributed by atoms with E-state index in [1.165, 1.54) is 48.3 Å². The first-order valence-corrected chi connectivity index (χ1v) is 17.6. The molecule has 0 bridgehead atoms. The van der Waals surface area contributed by atoms with Gasteiger partial charge < -0.3 is 4.74 Å². The van der Waals surface area contributed by atoms with Gasteiger partial charge in [0.05, 0.1) is 0 Å². The van der Waals surface area contributed by atoms with Crippen molar-refractivity contribution < 1.29 is 4.74 Å². The summed E-state index contributed by atoms with van der Waals surface area (Å²) in [6, 6.07) is 68.7. The Kier molecular flexibility index (Phi) is 7.01. The van der Waals surface area contributed by atoms with Crippen LogP contribution in [-0.4, -0.2) is 14.8 Å². The molecular weight excluding hydrogens is 559 g/mol.